The van der Waals surface area contributed by atoms with Crippen LogP contribution in [-0.2, 0) is 4.79 Å². The van der Waals surface area contributed by atoms with Gasteiger partial charge in [0.05, 0.1) is 18.6 Å². The predicted molar refractivity (Wildman–Crippen MR) is 77.1 cm³/mol. The maximum atomic E-state index is 11.5. The number of hydrogen-bond acceptors (Lipinski definition) is 3. The molecular weight excluding hydrogens is 262 g/mol. The van der Waals surface area contributed by atoms with E-state index in [4.69, 9.17) is 18.0 Å². The molecule has 0 aliphatic carbocycles. The summed E-state index contributed by atoms with van der Waals surface area (Å²) < 4.78 is 0. The first kappa shape index (κ1) is 13.2. The van der Waals surface area contributed by atoms with Gasteiger partial charge in [-0.15, -0.1) is 6.42 Å². The Bertz CT molecular complexity index is 649. The number of pyridine rings is 1. The summed E-state index contributed by atoms with van der Waals surface area (Å²) in [7, 11) is 0. The molecule has 2 rings (SSSR count). The highest BCUT2D eigenvalue weighted by Gasteiger charge is 2.04. The summed E-state index contributed by atoms with van der Waals surface area (Å²) in [6.07, 6.45) is 6.75. The largest absolute Gasteiger partial charge is 0.376 e. The van der Waals surface area contributed by atoms with Crippen LogP contribution in [0.5, 0.6) is 0 Å². The lowest BCUT2D eigenvalue weighted by molar-refractivity contribution is -0.119. The molecule has 2 aromatic rings. The van der Waals surface area contributed by atoms with E-state index in [1.54, 1.807) is 18.3 Å². The van der Waals surface area contributed by atoms with E-state index in [-0.39, 0.29) is 19.0 Å². The molecule has 19 heavy (non-hydrogen) atoms. The summed E-state index contributed by atoms with van der Waals surface area (Å²) in [6, 6.07) is 7.22. The minimum Gasteiger partial charge on any atom is -0.376 e. The van der Waals surface area contributed by atoms with Gasteiger partial charge in [-0.2, -0.15) is 0 Å². The molecule has 0 radical (unpaired) electrons. The normalized spacial score (nSPS) is 9.89. The number of aromatic nitrogens is 1. The van der Waals surface area contributed by atoms with Crippen molar-refractivity contribution < 1.29 is 4.79 Å². The summed E-state index contributed by atoms with van der Waals surface area (Å²) in [6.45, 7) is 0.372. The molecule has 1 aromatic carbocycles. The number of carbonyl (C=O) groups is 1. The number of carbonyl (C=O) groups excluding carboxylic acids is 1. The average Bonchev–Trinajstić information content (AvgIpc) is 2.42. The highest BCUT2D eigenvalue weighted by atomic mass is 35.5. The number of amides is 1. The summed E-state index contributed by atoms with van der Waals surface area (Å²) in [4.78, 5) is 15.7. The van der Waals surface area contributed by atoms with E-state index in [1.807, 2.05) is 12.1 Å². The van der Waals surface area contributed by atoms with E-state index in [9.17, 15) is 4.79 Å². The number of anilines is 1. The lowest BCUT2D eigenvalue weighted by Gasteiger charge is -2.09. The van der Waals surface area contributed by atoms with Crippen molar-refractivity contribution in [2.45, 2.75) is 0 Å². The lowest BCUT2D eigenvalue weighted by atomic mass is 10.2. The number of terminal acetylenes is 1. The van der Waals surface area contributed by atoms with Crippen molar-refractivity contribution in [1.29, 1.82) is 0 Å². The molecule has 0 aliphatic rings. The Labute approximate surface area is 116 Å². The number of nitrogens with one attached hydrogen (secondary N) is 2. The predicted octanol–water partition coefficient (Wildman–Crippen LogP) is 2.05. The molecule has 0 saturated carbocycles. The fourth-order valence-electron chi connectivity index (χ4n) is 1.66. The third-order valence-electron chi connectivity index (χ3n) is 2.53. The molecule has 0 aliphatic heterocycles. The third kappa shape index (κ3) is 3.36. The van der Waals surface area contributed by atoms with Gasteiger partial charge in [0.15, 0.2) is 0 Å². The van der Waals surface area contributed by atoms with Crippen molar-refractivity contribution in [2.24, 2.45) is 0 Å². The molecule has 0 unspecified atom stereocenters. The van der Waals surface area contributed by atoms with E-state index in [2.05, 4.69) is 21.5 Å². The molecule has 2 N–H and O–H groups in total. The van der Waals surface area contributed by atoms with Crippen molar-refractivity contribution in [1.82, 2.24) is 10.3 Å². The Morgan fingerprint density at radius 3 is 3.05 bits per heavy atom. The van der Waals surface area contributed by atoms with Crippen molar-refractivity contribution >= 4 is 34.1 Å². The van der Waals surface area contributed by atoms with Gasteiger partial charge in [0.1, 0.15) is 0 Å². The van der Waals surface area contributed by atoms with Gasteiger partial charge in [-0.25, -0.2) is 0 Å². The quantitative estimate of drug-likeness (QED) is 0.839. The van der Waals surface area contributed by atoms with Gasteiger partial charge in [-0.3, -0.25) is 9.78 Å². The molecule has 1 aromatic heterocycles. The lowest BCUT2D eigenvalue weighted by Crippen LogP contribution is -2.30. The zero-order valence-corrected chi connectivity index (χ0v) is 10.9. The Morgan fingerprint density at radius 1 is 1.42 bits per heavy atom. The van der Waals surface area contributed by atoms with Crippen LogP contribution in [-0.4, -0.2) is 24.0 Å². The number of halogens is 1. The molecule has 1 heterocycles. The Kier molecular flexibility index (Phi) is 4.22. The topological polar surface area (TPSA) is 54.0 Å². The van der Waals surface area contributed by atoms with Gasteiger partial charge in [0.25, 0.3) is 0 Å². The van der Waals surface area contributed by atoms with E-state index in [1.165, 1.54) is 0 Å². The minimum absolute atomic E-state index is 0.146. The van der Waals surface area contributed by atoms with E-state index >= 15 is 0 Å². The Morgan fingerprint density at radius 2 is 2.26 bits per heavy atom. The van der Waals surface area contributed by atoms with E-state index in [0.29, 0.717) is 5.02 Å². The van der Waals surface area contributed by atoms with Crippen molar-refractivity contribution in [3.05, 3.63) is 35.5 Å². The third-order valence-corrected chi connectivity index (χ3v) is 2.77. The maximum Gasteiger partial charge on any atom is 0.240 e. The number of rotatable bonds is 4. The first-order valence-electron chi connectivity index (χ1n) is 5.69. The SMILES string of the molecule is C#CCNC(=O)CNc1ccnc2ccc(Cl)cc12. The molecule has 0 atom stereocenters. The molecule has 4 nitrogen and oxygen atoms in total. The van der Waals surface area contributed by atoms with Gasteiger partial charge in [-0.1, -0.05) is 17.5 Å². The number of benzene rings is 1. The van der Waals surface area contributed by atoms with Crippen LogP contribution in [0, 0.1) is 12.3 Å². The smallest absolute Gasteiger partial charge is 0.240 e. The van der Waals surface area contributed by atoms with Crippen LogP contribution in [0.2, 0.25) is 5.02 Å². The molecule has 5 heteroatoms. The van der Waals surface area contributed by atoms with Crippen LogP contribution in [0.3, 0.4) is 0 Å². The summed E-state index contributed by atoms with van der Waals surface area (Å²) in [5.41, 5.74) is 1.63. The fourth-order valence-corrected chi connectivity index (χ4v) is 1.83. The first-order chi connectivity index (χ1) is 9.20. The minimum atomic E-state index is -0.162. The highest BCUT2D eigenvalue weighted by Crippen LogP contribution is 2.24. The Hall–Kier alpha value is -2.25. The number of hydrogen-bond donors (Lipinski definition) is 2. The monoisotopic (exact) mass is 273 g/mol. The van der Waals surface area contributed by atoms with Gasteiger partial charge in [0.2, 0.25) is 5.91 Å². The van der Waals surface area contributed by atoms with Crippen molar-refractivity contribution in [3.63, 3.8) is 0 Å². The van der Waals surface area contributed by atoms with Gasteiger partial charge in [-0.05, 0) is 24.3 Å². The maximum absolute atomic E-state index is 11.5. The average molecular weight is 274 g/mol. The second-order valence-electron chi connectivity index (χ2n) is 3.85. The molecule has 0 saturated heterocycles. The van der Waals surface area contributed by atoms with Crippen LogP contribution < -0.4 is 10.6 Å². The summed E-state index contributed by atoms with van der Waals surface area (Å²) in [5.74, 6) is 2.18. The number of nitrogens with zero attached hydrogens (tertiary/aromatic N) is 1. The Balaban J connectivity index is 2.15. The number of fused-ring (bicyclic) bond motifs is 1. The van der Waals surface area contributed by atoms with Gasteiger partial charge in [0, 0.05) is 22.3 Å². The summed E-state index contributed by atoms with van der Waals surface area (Å²) in [5, 5.41) is 7.13. The fraction of sp³-hybridized carbons (Fsp3) is 0.143. The highest BCUT2D eigenvalue weighted by molar-refractivity contribution is 6.31. The molecule has 0 spiro atoms. The molecular formula is C14H12ClN3O. The van der Waals surface area contributed by atoms with E-state index in [0.717, 1.165) is 16.6 Å². The van der Waals surface area contributed by atoms with Crippen LogP contribution in [0.1, 0.15) is 0 Å². The zero-order chi connectivity index (χ0) is 13.7. The molecule has 0 bridgehead atoms. The molecule has 0 fully saturated rings. The van der Waals surface area contributed by atoms with Crippen molar-refractivity contribution in [2.75, 3.05) is 18.4 Å². The molecule has 96 valence electrons. The van der Waals surface area contributed by atoms with E-state index < -0.39 is 0 Å². The van der Waals surface area contributed by atoms with Crippen LogP contribution in [0.4, 0.5) is 5.69 Å². The van der Waals surface area contributed by atoms with Gasteiger partial charge >= 0.3 is 0 Å². The first-order valence-corrected chi connectivity index (χ1v) is 6.07. The van der Waals surface area contributed by atoms with Gasteiger partial charge < -0.3 is 10.6 Å². The second-order valence-corrected chi connectivity index (χ2v) is 4.29. The molecule has 1 amide bonds. The second kappa shape index (κ2) is 6.07. The zero-order valence-electron chi connectivity index (χ0n) is 10.1. The summed E-state index contributed by atoms with van der Waals surface area (Å²) >= 11 is 5.96. The van der Waals surface area contributed by atoms with Crippen LogP contribution in [0.15, 0.2) is 30.5 Å². The van der Waals surface area contributed by atoms with Crippen molar-refractivity contribution in [3.8, 4) is 12.3 Å². The van der Waals surface area contributed by atoms with Crippen LogP contribution in [0.25, 0.3) is 10.9 Å². The van der Waals surface area contributed by atoms with Crippen LogP contribution >= 0.6 is 11.6 Å². The standard InChI is InChI=1S/C14H12ClN3O/c1-2-6-17-14(19)9-18-13-5-7-16-12-4-3-10(15)8-11(12)13/h1,3-5,7-8H,6,9H2,(H,16,18)(H,17,19).